The van der Waals surface area contributed by atoms with Gasteiger partial charge in [-0.2, -0.15) is 0 Å². The van der Waals surface area contributed by atoms with E-state index < -0.39 is 40.2 Å². The van der Waals surface area contributed by atoms with Gasteiger partial charge in [-0.1, -0.05) is 41.4 Å². The molecule has 3 aromatic carbocycles. The number of benzene rings is 3. The number of hydrogen-bond acceptors (Lipinski definition) is 4. The van der Waals surface area contributed by atoms with E-state index in [9.17, 15) is 22.4 Å². The average molecular weight is 532 g/mol. The first kappa shape index (κ1) is 27.2. The van der Waals surface area contributed by atoms with E-state index in [1.54, 1.807) is 55.5 Å². The number of sulfonamides is 1. The number of aryl methyl sites for hydroxylation is 1. The van der Waals surface area contributed by atoms with Gasteiger partial charge in [0.2, 0.25) is 11.8 Å². The fraction of sp³-hybridized carbons (Fsp3) is 0.231. The van der Waals surface area contributed by atoms with Crippen molar-refractivity contribution < 1.29 is 22.4 Å². The molecule has 0 aliphatic carbocycles. The van der Waals surface area contributed by atoms with Crippen LogP contribution in [0.4, 0.5) is 10.1 Å². The van der Waals surface area contributed by atoms with E-state index in [1.165, 1.54) is 11.9 Å². The number of nitrogens with one attached hydrogen (secondary N) is 1. The van der Waals surface area contributed by atoms with Crippen molar-refractivity contribution in [2.75, 3.05) is 17.9 Å². The third kappa shape index (κ3) is 6.41. The highest BCUT2D eigenvalue weighted by molar-refractivity contribution is 7.92. The molecule has 10 heteroatoms. The molecule has 3 aromatic rings. The Morgan fingerprint density at radius 2 is 1.56 bits per heavy atom. The van der Waals surface area contributed by atoms with Crippen molar-refractivity contribution in [3.8, 4) is 0 Å². The van der Waals surface area contributed by atoms with E-state index in [0.29, 0.717) is 10.6 Å². The number of amides is 2. The van der Waals surface area contributed by atoms with Crippen LogP contribution >= 0.6 is 11.6 Å². The Bertz CT molecular complexity index is 1310. The van der Waals surface area contributed by atoms with Gasteiger partial charge in [-0.25, -0.2) is 12.8 Å². The van der Waals surface area contributed by atoms with Gasteiger partial charge in [0.05, 0.1) is 10.6 Å². The van der Waals surface area contributed by atoms with Crippen LogP contribution in [0.5, 0.6) is 0 Å². The SMILES string of the molecule is CNC(=O)[C@@H](C)N(Cc1ccc(Cl)cc1)C(=O)CN(c1ccc(C)cc1)S(=O)(=O)c1ccc(F)cc1. The lowest BCUT2D eigenvalue weighted by Gasteiger charge is -2.31. The summed E-state index contributed by atoms with van der Waals surface area (Å²) in [5.41, 5.74) is 1.88. The Hall–Kier alpha value is -3.43. The number of halogens is 2. The summed E-state index contributed by atoms with van der Waals surface area (Å²) in [5.74, 6) is -1.58. The van der Waals surface area contributed by atoms with Crippen LogP contribution in [0.1, 0.15) is 18.1 Å². The molecule has 0 radical (unpaired) electrons. The van der Waals surface area contributed by atoms with E-state index in [1.807, 2.05) is 6.92 Å². The highest BCUT2D eigenvalue weighted by Gasteiger charge is 2.32. The van der Waals surface area contributed by atoms with Gasteiger partial charge < -0.3 is 10.2 Å². The van der Waals surface area contributed by atoms with Crippen LogP contribution in [-0.2, 0) is 26.2 Å². The highest BCUT2D eigenvalue weighted by atomic mass is 35.5. The molecule has 0 spiro atoms. The molecule has 0 saturated heterocycles. The van der Waals surface area contributed by atoms with Crippen LogP contribution in [0.3, 0.4) is 0 Å². The van der Waals surface area contributed by atoms with E-state index >= 15 is 0 Å². The van der Waals surface area contributed by atoms with Crippen molar-refractivity contribution in [3.63, 3.8) is 0 Å². The molecule has 0 fully saturated rings. The second-order valence-electron chi connectivity index (χ2n) is 8.24. The fourth-order valence-electron chi connectivity index (χ4n) is 3.55. The van der Waals surface area contributed by atoms with Gasteiger partial charge in [0.1, 0.15) is 18.4 Å². The minimum Gasteiger partial charge on any atom is -0.357 e. The molecular weight excluding hydrogens is 505 g/mol. The molecule has 2 amide bonds. The van der Waals surface area contributed by atoms with Gasteiger partial charge in [-0.15, -0.1) is 0 Å². The van der Waals surface area contributed by atoms with Gasteiger partial charge in [0.15, 0.2) is 0 Å². The Labute approximate surface area is 215 Å². The fourth-order valence-corrected chi connectivity index (χ4v) is 5.09. The molecule has 36 heavy (non-hydrogen) atoms. The molecule has 1 atom stereocenters. The Balaban J connectivity index is 2.01. The molecule has 0 heterocycles. The first-order chi connectivity index (χ1) is 17.0. The lowest BCUT2D eigenvalue weighted by Crippen LogP contribution is -2.50. The maximum absolute atomic E-state index is 13.6. The normalized spacial score (nSPS) is 12.0. The Morgan fingerprint density at radius 1 is 0.972 bits per heavy atom. The van der Waals surface area contributed by atoms with Crippen LogP contribution in [0, 0.1) is 12.7 Å². The number of carbonyl (C=O) groups is 2. The molecule has 0 bridgehead atoms. The first-order valence-electron chi connectivity index (χ1n) is 11.1. The topological polar surface area (TPSA) is 86.8 Å². The van der Waals surface area contributed by atoms with Crippen LogP contribution < -0.4 is 9.62 Å². The van der Waals surface area contributed by atoms with E-state index in [2.05, 4.69) is 5.32 Å². The van der Waals surface area contributed by atoms with Crippen LogP contribution in [-0.4, -0.2) is 44.8 Å². The minimum atomic E-state index is -4.24. The van der Waals surface area contributed by atoms with Crippen LogP contribution in [0.2, 0.25) is 5.02 Å². The molecule has 0 aliphatic heterocycles. The number of likely N-dealkylation sites (N-methyl/N-ethyl adjacent to an activating group) is 1. The number of hydrogen-bond donors (Lipinski definition) is 1. The van der Waals surface area contributed by atoms with Gasteiger partial charge in [0.25, 0.3) is 10.0 Å². The predicted octanol–water partition coefficient (Wildman–Crippen LogP) is 4.15. The molecule has 0 aromatic heterocycles. The Kier molecular flexibility index (Phi) is 8.70. The summed E-state index contributed by atoms with van der Waals surface area (Å²) < 4.78 is 41.6. The summed E-state index contributed by atoms with van der Waals surface area (Å²) in [5, 5.41) is 3.05. The largest absolute Gasteiger partial charge is 0.357 e. The third-order valence-corrected chi connectivity index (χ3v) is 7.72. The molecule has 3 rings (SSSR count). The first-order valence-corrected chi connectivity index (χ1v) is 12.9. The summed E-state index contributed by atoms with van der Waals surface area (Å²) >= 11 is 5.97. The van der Waals surface area contributed by atoms with Crippen molar-refractivity contribution in [1.82, 2.24) is 10.2 Å². The van der Waals surface area contributed by atoms with Crippen LogP contribution in [0.25, 0.3) is 0 Å². The van der Waals surface area contributed by atoms with Gasteiger partial charge in [0, 0.05) is 18.6 Å². The van der Waals surface area contributed by atoms with E-state index in [4.69, 9.17) is 11.6 Å². The lowest BCUT2D eigenvalue weighted by atomic mass is 10.1. The zero-order valence-corrected chi connectivity index (χ0v) is 21.7. The summed E-state index contributed by atoms with van der Waals surface area (Å²) in [6.07, 6.45) is 0. The number of carbonyl (C=O) groups excluding carboxylic acids is 2. The predicted molar refractivity (Wildman–Crippen MR) is 138 cm³/mol. The summed E-state index contributed by atoms with van der Waals surface area (Å²) in [6, 6.07) is 16.9. The van der Waals surface area contributed by atoms with Crippen molar-refractivity contribution >= 4 is 39.1 Å². The number of rotatable bonds is 9. The van der Waals surface area contributed by atoms with Crippen molar-refractivity contribution in [2.45, 2.75) is 31.3 Å². The quantitative estimate of drug-likeness (QED) is 0.449. The van der Waals surface area contributed by atoms with E-state index in [0.717, 1.165) is 34.1 Å². The second kappa shape index (κ2) is 11.5. The van der Waals surface area contributed by atoms with Gasteiger partial charge >= 0.3 is 0 Å². The van der Waals surface area contributed by atoms with Crippen LogP contribution in [0.15, 0.2) is 77.7 Å². The van der Waals surface area contributed by atoms with E-state index in [-0.39, 0.29) is 17.1 Å². The second-order valence-corrected chi connectivity index (χ2v) is 10.5. The van der Waals surface area contributed by atoms with Crippen molar-refractivity contribution in [3.05, 3.63) is 94.8 Å². The smallest absolute Gasteiger partial charge is 0.264 e. The summed E-state index contributed by atoms with van der Waals surface area (Å²) in [6.45, 7) is 2.91. The zero-order chi connectivity index (χ0) is 26.5. The van der Waals surface area contributed by atoms with Crippen molar-refractivity contribution in [2.24, 2.45) is 0 Å². The van der Waals surface area contributed by atoms with Crippen molar-refractivity contribution in [1.29, 1.82) is 0 Å². The lowest BCUT2D eigenvalue weighted by molar-refractivity contribution is -0.139. The standard InChI is InChI=1S/C26H27ClFN3O4S/c1-18-4-12-23(13-5-18)31(36(34,35)24-14-10-22(28)11-15-24)17-25(32)30(19(2)26(33)29-3)16-20-6-8-21(27)9-7-20/h4-15,19H,16-17H2,1-3H3,(H,29,33)/t19-/m1/s1. The summed E-state index contributed by atoms with van der Waals surface area (Å²) in [4.78, 5) is 27.2. The molecule has 190 valence electrons. The molecule has 1 N–H and O–H groups in total. The number of nitrogens with zero attached hydrogens (tertiary/aromatic N) is 2. The maximum Gasteiger partial charge on any atom is 0.264 e. The highest BCUT2D eigenvalue weighted by Crippen LogP contribution is 2.25. The zero-order valence-electron chi connectivity index (χ0n) is 20.1. The van der Waals surface area contributed by atoms with Gasteiger partial charge in [-0.3, -0.25) is 13.9 Å². The monoisotopic (exact) mass is 531 g/mol. The average Bonchev–Trinajstić information content (AvgIpc) is 2.86. The van der Waals surface area contributed by atoms with Gasteiger partial charge in [-0.05, 0) is 67.9 Å². The minimum absolute atomic E-state index is 0.0585. The molecule has 0 saturated carbocycles. The molecular formula is C26H27ClFN3O4S. The Morgan fingerprint density at radius 3 is 2.11 bits per heavy atom. The molecule has 0 aliphatic rings. The third-order valence-electron chi connectivity index (χ3n) is 5.68. The number of anilines is 1. The maximum atomic E-state index is 13.6. The molecule has 0 unspecified atom stereocenters. The summed E-state index contributed by atoms with van der Waals surface area (Å²) in [7, 11) is -2.78. The molecule has 7 nitrogen and oxygen atoms in total.